The van der Waals surface area contributed by atoms with Gasteiger partial charge in [0, 0.05) is 38.8 Å². The standard InChI is InChI=1S/C19H24ClN3O2S/c1-14-18(15(2)24)26-19(21-17-7-4-3-6-16(17)20)23(14)9-5-8-22-10-12-25-13-11-22/h3-4,6-7H,5,8-13H2,1-2H3. The fourth-order valence-electron chi connectivity index (χ4n) is 3.08. The molecule has 1 saturated heterocycles. The molecule has 2 aromatic rings. The molecule has 1 aromatic carbocycles. The van der Waals surface area contributed by atoms with E-state index in [1.54, 1.807) is 6.92 Å². The van der Waals surface area contributed by atoms with Crippen molar-refractivity contribution in [3.63, 3.8) is 0 Å². The number of para-hydroxylation sites is 1. The van der Waals surface area contributed by atoms with E-state index in [9.17, 15) is 4.79 Å². The van der Waals surface area contributed by atoms with Crippen LogP contribution >= 0.6 is 22.9 Å². The van der Waals surface area contributed by atoms with Gasteiger partial charge in [-0.25, -0.2) is 4.99 Å². The Morgan fingerprint density at radius 2 is 2.00 bits per heavy atom. The number of hydrogen-bond acceptors (Lipinski definition) is 5. The number of thiazole rings is 1. The van der Waals surface area contributed by atoms with E-state index in [0.29, 0.717) is 5.02 Å². The molecule has 1 aliphatic heterocycles. The number of rotatable bonds is 6. The number of Topliss-reactive ketones (excluding diaryl/α,β-unsaturated/α-hetero) is 1. The Hall–Kier alpha value is -1.47. The van der Waals surface area contributed by atoms with Crippen molar-refractivity contribution in [2.24, 2.45) is 4.99 Å². The van der Waals surface area contributed by atoms with Crippen LogP contribution in [0.2, 0.25) is 5.02 Å². The lowest BCUT2D eigenvalue weighted by Crippen LogP contribution is -2.37. The molecule has 0 saturated carbocycles. The second-order valence-corrected chi connectivity index (χ2v) is 7.76. The summed E-state index contributed by atoms with van der Waals surface area (Å²) in [6, 6.07) is 7.52. The molecule has 2 heterocycles. The largest absolute Gasteiger partial charge is 0.379 e. The van der Waals surface area contributed by atoms with Gasteiger partial charge in [0.25, 0.3) is 0 Å². The molecule has 7 heteroatoms. The van der Waals surface area contributed by atoms with Crippen LogP contribution in [0, 0.1) is 6.92 Å². The molecule has 5 nitrogen and oxygen atoms in total. The van der Waals surface area contributed by atoms with Crippen LogP contribution in [-0.2, 0) is 11.3 Å². The van der Waals surface area contributed by atoms with Crippen molar-refractivity contribution >= 4 is 34.4 Å². The van der Waals surface area contributed by atoms with E-state index in [2.05, 4.69) is 9.47 Å². The Kier molecular flexibility index (Phi) is 6.64. The van der Waals surface area contributed by atoms with Crippen LogP contribution < -0.4 is 4.80 Å². The van der Waals surface area contributed by atoms with Gasteiger partial charge < -0.3 is 9.30 Å². The van der Waals surface area contributed by atoms with Gasteiger partial charge in [-0.05, 0) is 25.5 Å². The van der Waals surface area contributed by atoms with Gasteiger partial charge in [-0.3, -0.25) is 9.69 Å². The van der Waals surface area contributed by atoms with Gasteiger partial charge in [-0.2, -0.15) is 0 Å². The fraction of sp³-hybridized carbons (Fsp3) is 0.474. The molecule has 0 amide bonds. The Bertz CT molecular complexity index is 838. The molecule has 26 heavy (non-hydrogen) atoms. The second kappa shape index (κ2) is 8.95. The first kappa shape index (κ1) is 19.3. The molecule has 140 valence electrons. The number of carbonyl (C=O) groups excluding carboxylic acids is 1. The molecular formula is C19H24ClN3O2S. The van der Waals surface area contributed by atoms with Crippen LogP contribution in [0.25, 0.3) is 0 Å². The van der Waals surface area contributed by atoms with Crippen molar-refractivity contribution in [2.45, 2.75) is 26.8 Å². The zero-order valence-corrected chi connectivity index (χ0v) is 16.8. The lowest BCUT2D eigenvalue weighted by Gasteiger charge is -2.26. The van der Waals surface area contributed by atoms with Gasteiger partial charge in [-0.1, -0.05) is 35.1 Å². The van der Waals surface area contributed by atoms with Crippen LogP contribution in [0.15, 0.2) is 29.3 Å². The monoisotopic (exact) mass is 393 g/mol. The number of benzene rings is 1. The number of morpholine rings is 1. The summed E-state index contributed by atoms with van der Waals surface area (Å²) < 4.78 is 7.54. The summed E-state index contributed by atoms with van der Waals surface area (Å²) in [6.07, 6.45) is 1.00. The van der Waals surface area contributed by atoms with E-state index in [0.717, 1.165) is 66.9 Å². The maximum absolute atomic E-state index is 12.0. The number of ether oxygens (including phenoxy) is 1. The molecule has 0 radical (unpaired) electrons. The highest BCUT2D eigenvalue weighted by Gasteiger charge is 2.15. The maximum Gasteiger partial charge on any atom is 0.190 e. The van der Waals surface area contributed by atoms with Crippen molar-refractivity contribution in [1.29, 1.82) is 0 Å². The molecule has 0 unspecified atom stereocenters. The van der Waals surface area contributed by atoms with E-state index in [1.165, 1.54) is 11.3 Å². The molecule has 0 spiro atoms. The summed E-state index contributed by atoms with van der Waals surface area (Å²) in [4.78, 5) is 20.7. The normalized spacial score (nSPS) is 16.2. The minimum atomic E-state index is 0.0787. The van der Waals surface area contributed by atoms with E-state index < -0.39 is 0 Å². The van der Waals surface area contributed by atoms with Gasteiger partial charge in [0.05, 0.1) is 28.8 Å². The van der Waals surface area contributed by atoms with Crippen molar-refractivity contribution in [3.8, 4) is 0 Å². The lowest BCUT2D eigenvalue weighted by molar-refractivity contribution is 0.0369. The fourth-order valence-corrected chi connectivity index (χ4v) is 4.33. The van der Waals surface area contributed by atoms with Crippen LogP contribution in [0.4, 0.5) is 5.69 Å². The third kappa shape index (κ3) is 4.62. The third-order valence-corrected chi connectivity index (χ3v) is 6.11. The van der Waals surface area contributed by atoms with Gasteiger partial charge in [-0.15, -0.1) is 0 Å². The molecule has 0 bridgehead atoms. The predicted octanol–water partition coefficient (Wildman–Crippen LogP) is 3.67. The summed E-state index contributed by atoms with van der Waals surface area (Å²) in [6.45, 7) is 9.05. The topological polar surface area (TPSA) is 46.8 Å². The maximum atomic E-state index is 12.0. The highest BCUT2D eigenvalue weighted by atomic mass is 35.5. The Morgan fingerprint density at radius 3 is 2.69 bits per heavy atom. The Morgan fingerprint density at radius 1 is 1.27 bits per heavy atom. The van der Waals surface area contributed by atoms with Crippen molar-refractivity contribution in [3.05, 3.63) is 44.7 Å². The van der Waals surface area contributed by atoms with E-state index >= 15 is 0 Å². The number of aromatic nitrogens is 1. The first-order valence-corrected chi connectivity index (χ1v) is 10.1. The van der Waals surface area contributed by atoms with Crippen LogP contribution in [0.5, 0.6) is 0 Å². The van der Waals surface area contributed by atoms with Crippen LogP contribution in [-0.4, -0.2) is 48.1 Å². The SMILES string of the molecule is CC(=O)c1sc(=Nc2ccccc2Cl)n(CCCN2CCOCC2)c1C. The number of ketones is 1. The van der Waals surface area contributed by atoms with Gasteiger partial charge in [0.15, 0.2) is 10.6 Å². The highest BCUT2D eigenvalue weighted by molar-refractivity contribution is 7.11. The first-order chi connectivity index (χ1) is 12.6. The summed E-state index contributed by atoms with van der Waals surface area (Å²) in [5, 5.41) is 0.614. The molecule has 1 aromatic heterocycles. The van der Waals surface area contributed by atoms with Gasteiger partial charge in [0.2, 0.25) is 0 Å². The average molecular weight is 394 g/mol. The molecule has 0 atom stereocenters. The predicted molar refractivity (Wildman–Crippen MR) is 106 cm³/mol. The van der Waals surface area contributed by atoms with Gasteiger partial charge in [0.1, 0.15) is 0 Å². The lowest BCUT2D eigenvalue weighted by atomic mass is 10.3. The van der Waals surface area contributed by atoms with E-state index in [4.69, 9.17) is 21.3 Å². The zero-order chi connectivity index (χ0) is 18.5. The average Bonchev–Trinajstić information content (AvgIpc) is 2.94. The van der Waals surface area contributed by atoms with Gasteiger partial charge >= 0.3 is 0 Å². The number of hydrogen-bond donors (Lipinski definition) is 0. The summed E-state index contributed by atoms with van der Waals surface area (Å²) in [5.41, 5.74) is 1.71. The van der Waals surface area contributed by atoms with Crippen LogP contribution in [0.3, 0.4) is 0 Å². The molecule has 3 rings (SSSR count). The zero-order valence-electron chi connectivity index (χ0n) is 15.2. The molecule has 1 aliphatic rings. The quantitative estimate of drug-likeness (QED) is 0.703. The summed E-state index contributed by atoms with van der Waals surface area (Å²) in [5.74, 6) is 0.0787. The van der Waals surface area contributed by atoms with Crippen LogP contribution in [0.1, 0.15) is 28.7 Å². The number of nitrogens with zero attached hydrogens (tertiary/aromatic N) is 3. The first-order valence-electron chi connectivity index (χ1n) is 8.87. The van der Waals surface area contributed by atoms with Crippen molar-refractivity contribution in [2.75, 3.05) is 32.8 Å². The highest BCUT2D eigenvalue weighted by Crippen LogP contribution is 2.24. The molecular weight excluding hydrogens is 370 g/mol. The molecule has 1 fully saturated rings. The third-order valence-electron chi connectivity index (χ3n) is 4.51. The Labute approximate surface area is 162 Å². The van der Waals surface area contributed by atoms with E-state index in [-0.39, 0.29) is 5.78 Å². The number of carbonyl (C=O) groups is 1. The second-order valence-electron chi connectivity index (χ2n) is 6.38. The molecule has 0 N–H and O–H groups in total. The minimum absolute atomic E-state index is 0.0787. The number of halogens is 1. The summed E-state index contributed by atoms with van der Waals surface area (Å²) >= 11 is 7.70. The smallest absolute Gasteiger partial charge is 0.190 e. The summed E-state index contributed by atoms with van der Waals surface area (Å²) in [7, 11) is 0. The van der Waals surface area contributed by atoms with Crippen molar-refractivity contribution < 1.29 is 9.53 Å². The molecule has 0 aliphatic carbocycles. The van der Waals surface area contributed by atoms with Crippen molar-refractivity contribution in [1.82, 2.24) is 9.47 Å². The Balaban J connectivity index is 1.85. The van der Waals surface area contributed by atoms with E-state index in [1.807, 2.05) is 31.2 Å². The minimum Gasteiger partial charge on any atom is -0.379 e.